The average molecular weight is 224 g/mol. The number of hydrogen-bond acceptors (Lipinski definition) is 3. The number of aromatic nitrogens is 2. The third kappa shape index (κ3) is 3.34. The molecule has 1 rings (SSSR count). The average Bonchev–Trinajstić information content (AvgIpc) is 2.60. The van der Waals surface area contributed by atoms with Crippen molar-refractivity contribution >= 4 is 5.91 Å². The van der Waals surface area contributed by atoms with Crippen molar-refractivity contribution in [1.82, 2.24) is 20.4 Å². The molecule has 5 nitrogen and oxygen atoms in total. The van der Waals surface area contributed by atoms with Gasteiger partial charge in [-0.25, -0.2) is 0 Å². The molecule has 0 fully saturated rings. The molecule has 1 heterocycles. The van der Waals surface area contributed by atoms with Crippen molar-refractivity contribution in [3.05, 3.63) is 18.0 Å². The molecule has 0 radical (unpaired) electrons. The van der Waals surface area contributed by atoms with Crippen molar-refractivity contribution in [1.29, 1.82) is 0 Å². The smallest absolute Gasteiger partial charge is 0.239 e. The van der Waals surface area contributed by atoms with Gasteiger partial charge >= 0.3 is 0 Å². The minimum absolute atomic E-state index is 0.00166. The van der Waals surface area contributed by atoms with Crippen LogP contribution < -0.4 is 10.6 Å². The second-order valence-corrected chi connectivity index (χ2v) is 4.36. The molecule has 2 N–H and O–H groups in total. The van der Waals surface area contributed by atoms with E-state index in [-0.39, 0.29) is 5.91 Å². The van der Waals surface area contributed by atoms with Gasteiger partial charge in [-0.05, 0) is 20.4 Å². The summed E-state index contributed by atoms with van der Waals surface area (Å²) in [5.74, 6) is -0.00166. The van der Waals surface area contributed by atoms with E-state index in [0.717, 1.165) is 12.1 Å². The van der Waals surface area contributed by atoms with Crippen LogP contribution in [0.2, 0.25) is 0 Å². The molecular formula is C11H20N4O. The molecule has 0 spiro atoms. The zero-order valence-corrected chi connectivity index (χ0v) is 10.4. The van der Waals surface area contributed by atoms with Gasteiger partial charge in [-0.2, -0.15) is 5.10 Å². The Morgan fingerprint density at radius 1 is 1.56 bits per heavy atom. The van der Waals surface area contributed by atoms with E-state index >= 15 is 0 Å². The topological polar surface area (TPSA) is 59.0 Å². The van der Waals surface area contributed by atoms with E-state index in [1.54, 1.807) is 10.9 Å². The zero-order valence-electron chi connectivity index (χ0n) is 10.4. The number of carbonyl (C=O) groups is 1. The van der Waals surface area contributed by atoms with Crippen LogP contribution in [0.5, 0.6) is 0 Å². The Morgan fingerprint density at radius 3 is 2.75 bits per heavy atom. The van der Waals surface area contributed by atoms with Crippen molar-refractivity contribution < 1.29 is 4.79 Å². The molecule has 1 aromatic heterocycles. The van der Waals surface area contributed by atoms with Crippen LogP contribution in [0.15, 0.2) is 12.4 Å². The predicted octanol–water partition coefficient (Wildman–Crippen LogP) is 0.424. The maximum Gasteiger partial charge on any atom is 0.239 e. The lowest BCUT2D eigenvalue weighted by molar-refractivity contribution is -0.126. The number of aryl methyl sites for hydroxylation is 1. The first-order valence-corrected chi connectivity index (χ1v) is 5.46. The van der Waals surface area contributed by atoms with Gasteiger partial charge in [-0.15, -0.1) is 0 Å². The second kappa shape index (κ2) is 5.12. The van der Waals surface area contributed by atoms with Gasteiger partial charge in [-0.1, -0.05) is 6.92 Å². The molecule has 0 aliphatic carbocycles. The molecule has 0 unspecified atom stereocenters. The SMILES string of the molecule is CCNC(C)(C)C(=O)NCc1cnn(C)c1. The third-order valence-electron chi connectivity index (χ3n) is 2.40. The normalized spacial score (nSPS) is 11.5. The standard InChI is InChI=1S/C11H20N4O/c1-5-13-11(2,3)10(16)12-6-9-7-14-15(4)8-9/h7-8,13H,5-6H2,1-4H3,(H,12,16). The van der Waals surface area contributed by atoms with E-state index in [2.05, 4.69) is 15.7 Å². The Bertz CT molecular complexity index is 357. The number of nitrogens with one attached hydrogen (secondary N) is 2. The van der Waals surface area contributed by atoms with Gasteiger partial charge in [0.2, 0.25) is 5.91 Å². The molecule has 0 aliphatic heterocycles. The second-order valence-electron chi connectivity index (χ2n) is 4.36. The monoisotopic (exact) mass is 224 g/mol. The lowest BCUT2D eigenvalue weighted by Crippen LogP contribution is -2.52. The fourth-order valence-corrected chi connectivity index (χ4v) is 1.49. The summed E-state index contributed by atoms with van der Waals surface area (Å²) in [6.45, 7) is 7.01. The van der Waals surface area contributed by atoms with Gasteiger partial charge in [0.05, 0.1) is 11.7 Å². The Balaban J connectivity index is 2.46. The maximum absolute atomic E-state index is 11.8. The number of carbonyl (C=O) groups excluding carboxylic acids is 1. The Labute approximate surface area is 96.2 Å². The molecular weight excluding hydrogens is 204 g/mol. The predicted molar refractivity (Wildman–Crippen MR) is 62.8 cm³/mol. The Morgan fingerprint density at radius 2 is 2.25 bits per heavy atom. The van der Waals surface area contributed by atoms with Gasteiger partial charge in [0, 0.05) is 25.4 Å². The van der Waals surface area contributed by atoms with Gasteiger partial charge in [0.25, 0.3) is 0 Å². The Kier molecular flexibility index (Phi) is 4.06. The van der Waals surface area contributed by atoms with Crippen molar-refractivity contribution in [2.45, 2.75) is 32.9 Å². The first-order valence-electron chi connectivity index (χ1n) is 5.46. The van der Waals surface area contributed by atoms with Crippen LogP contribution in [0.25, 0.3) is 0 Å². The summed E-state index contributed by atoms with van der Waals surface area (Å²) in [7, 11) is 1.86. The number of likely N-dealkylation sites (N-methyl/N-ethyl adjacent to an activating group) is 1. The number of hydrogen-bond donors (Lipinski definition) is 2. The fourth-order valence-electron chi connectivity index (χ4n) is 1.49. The highest BCUT2D eigenvalue weighted by Gasteiger charge is 2.25. The Hall–Kier alpha value is -1.36. The van der Waals surface area contributed by atoms with Crippen LogP contribution in [0.4, 0.5) is 0 Å². The molecule has 0 aromatic carbocycles. The maximum atomic E-state index is 11.8. The van der Waals surface area contributed by atoms with E-state index in [0.29, 0.717) is 6.54 Å². The highest BCUT2D eigenvalue weighted by molar-refractivity contribution is 5.85. The zero-order chi connectivity index (χ0) is 12.2. The highest BCUT2D eigenvalue weighted by Crippen LogP contribution is 2.03. The first kappa shape index (κ1) is 12.7. The lowest BCUT2D eigenvalue weighted by Gasteiger charge is -2.24. The molecule has 0 saturated carbocycles. The molecule has 90 valence electrons. The summed E-state index contributed by atoms with van der Waals surface area (Å²) in [6.07, 6.45) is 3.64. The van der Waals surface area contributed by atoms with Crippen LogP contribution in [-0.2, 0) is 18.4 Å². The van der Waals surface area contributed by atoms with E-state index in [1.807, 2.05) is 34.0 Å². The van der Waals surface area contributed by atoms with Crippen LogP contribution in [0, 0.1) is 0 Å². The summed E-state index contributed by atoms with van der Waals surface area (Å²) < 4.78 is 1.72. The van der Waals surface area contributed by atoms with Crippen molar-refractivity contribution in [3.63, 3.8) is 0 Å². The van der Waals surface area contributed by atoms with Crippen LogP contribution in [-0.4, -0.2) is 27.8 Å². The van der Waals surface area contributed by atoms with E-state index < -0.39 is 5.54 Å². The van der Waals surface area contributed by atoms with E-state index in [4.69, 9.17) is 0 Å². The summed E-state index contributed by atoms with van der Waals surface area (Å²) in [5, 5.41) is 10.1. The first-order chi connectivity index (χ1) is 7.45. The molecule has 0 saturated heterocycles. The van der Waals surface area contributed by atoms with Gasteiger partial charge < -0.3 is 10.6 Å². The van der Waals surface area contributed by atoms with Crippen LogP contribution in [0.1, 0.15) is 26.3 Å². The van der Waals surface area contributed by atoms with Gasteiger partial charge in [0.1, 0.15) is 0 Å². The molecule has 1 amide bonds. The van der Waals surface area contributed by atoms with Crippen molar-refractivity contribution in [2.24, 2.45) is 7.05 Å². The minimum Gasteiger partial charge on any atom is -0.350 e. The quantitative estimate of drug-likeness (QED) is 0.762. The van der Waals surface area contributed by atoms with E-state index in [9.17, 15) is 4.79 Å². The lowest BCUT2D eigenvalue weighted by atomic mass is 10.0. The number of amides is 1. The molecule has 0 aliphatic rings. The molecule has 1 aromatic rings. The summed E-state index contributed by atoms with van der Waals surface area (Å²) >= 11 is 0. The van der Waals surface area contributed by atoms with Crippen LogP contribution in [0.3, 0.4) is 0 Å². The van der Waals surface area contributed by atoms with Crippen molar-refractivity contribution in [3.8, 4) is 0 Å². The number of nitrogens with zero attached hydrogens (tertiary/aromatic N) is 2. The van der Waals surface area contributed by atoms with Crippen LogP contribution >= 0.6 is 0 Å². The largest absolute Gasteiger partial charge is 0.350 e. The minimum atomic E-state index is -0.531. The molecule has 0 atom stereocenters. The molecule has 16 heavy (non-hydrogen) atoms. The summed E-state index contributed by atoms with van der Waals surface area (Å²) in [6, 6.07) is 0. The van der Waals surface area contributed by atoms with Crippen molar-refractivity contribution in [2.75, 3.05) is 6.54 Å². The fraction of sp³-hybridized carbons (Fsp3) is 0.636. The highest BCUT2D eigenvalue weighted by atomic mass is 16.2. The van der Waals surface area contributed by atoms with Gasteiger partial charge in [-0.3, -0.25) is 9.48 Å². The van der Waals surface area contributed by atoms with E-state index in [1.165, 1.54) is 0 Å². The summed E-state index contributed by atoms with van der Waals surface area (Å²) in [5.41, 5.74) is 0.472. The molecule has 0 bridgehead atoms. The number of rotatable bonds is 5. The van der Waals surface area contributed by atoms with Gasteiger partial charge in [0.15, 0.2) is 0 Å². The summed E-state index contributed by atoms with van der Waals surface area (Å²) in [4.78, 5) is 11.8. The third-order valence-corrected chi connectivity index (χ3v) is 2.40. The molecule has 5 heteroatoms.